The normalized spacial score (nSPS) is 16.4. The van der Waals surface area contributed by atoms with Crippen molar-refractivity contribution in [2.24, 2.45) is 0 Å². The Labute approximate surface area is 209 Å². The highest BCUT2D eigenvalue weighted by atomic mass is 16.5. The van der Waals surface area contributed by atoms with E-state index >= 15 is 0 Å². The highest BCUT2D eigenvalue weighted by Crippen LogP contribution is 2.46. The molecule has 0 atom stereocenters. The first kappa shape index (κ1) is 24.8. The number of carbonyl (C=O) groups is 1. The number of hydrogen-bond acceptors (Lipinski definition) is 2. The molecule has 0 saturated heterocycles. The summed E-state index contributed by atoms with van der Waals surface area (Å²) in [4.78, 5) is 11.2. The predicted molar refractivity (Wildman–Crippen MR) is 144 cm³/mol. The van der Waals surface area contributed by atoms with Crippen LogP contribution in [0.3, 0.4) is 0 Å². The number of carboxylic acids is 1. The van der Waals surface area contributed by atoms with Crippen LogP contribution in [0.15, 0.2) is 72.8 Å². The zero-order valence-electron chi connectivity index (χ0n) is 21.5. The highest BCUT2D eigenvalue weighted by Gasteiger charge is 2.37. The molecule has 1 N–H and O–H groups in total. The third-order valence-electron chi connectivity index (χ3n) is 7.56. The predicted octanol–water partition coefficient (Wildman–Crippen LogP) is 7.61. The van der Waals surface area contributed by atoms with Crippen LogP contribution >= 0.6 is 0 Å². The molecule has 3 heteroatoms. The lowest BCUT2D eigenvalue weighted by Crippen LogP contribution is -2.33. The Kier molecular flexibility index (Phi) is 6.89. The first-order valence-corrected chi connectivity index (χ1v) is 12.4. The molecule has 0 amide bonds. The number of benzene rings is 3. The SMILES string of the molecule is COc1ccc(C/C(=C/Cc2ccc(C(=O)O)cc2)c2ccc3c(c2)C(C)(C)CCC3(C)C)cc1. The molecule has 0 spiro atoms. The monoisotopic (exact) mass is 468 g/mol. The standard InChI is InChI=1S/C32H36O3/c1-31(2)18-19-32(3,4)29-21-26(14-17-28(29)31)25(20-23-9-15-27(35-5)16-10-23)13-8-22-6-11-24(12-7-22)30(33)34/h6-7,9-17,21H,8,18-20H2,1-5H3,(H,33,34)/b25-13-. The van der Waals surface area contributed by atoms with Gasteiger partial charge in [-0.2, -0.15) is 0 Å². The van der Waals surface area contributed by atoms with Crippen LogP contribution < -0.4 is 4.74 Å². The second-order valence-corrected chi connectivity index (χ2v) is 11.0. The molecule has 1 aliphatic rings. The van der Waals surface area contributed by atoms with E-state index in [0.717, 1.165) is 24.2 Å². The summed E-state index contributed by atoms with van der Waals surface area (Å²) in [5.41, 5.74) is 8.44. The average Bonchev–Trinajstić information content (AvgIpc) is 2.85. The zero-order chi connectivity index (χ0) is 25.2. The largest absolute Gasteiger partial charge is 0.497 e. The molecule has 3 aromatic carbocycles. The van der Waals surface area contributed by atoms with Crippen LogP contribution in [0.2, 0.25) is 0 Å². The Morgan fingerprint density at radius 1 is 0.829 bits per heavy atom. The van der Waals surface area contributed by atoms with Crippen LogP contribution in [0.1, 0.15) is 78.7 Å². The van der Waals surface area contributed by atoms with E-state index in [1.54, 1.807) is 19.2 Å². The van der Waals surface area contributed by atoms with Crippen LogP contribution in [0, 0.1) is 0 Å². The Bertz CT molecular complexity index is 1230. The second kappa shape index (κ2) is 9.73. The minimum absolute atomic E-state index is 0.152. The molecule has 3 aromatic rings. The summed E-state index contributed by atoms with van der Waals surface area (Å²) >= 11 is 0. The minimum Gasteiger partial charge on any atom is -0.497 e. The van der Waals surface area contributed by atoms with Crippen molar-refractivity contribution in [1.82, 2.24) is 0 Å². The van der Waals surface area contributed by atoms with Crippen molar-refractivity contribution in [3.05, 3.63) is 106 Å². The summed E-state index contributed by atoms with van der Waals surface area (Å²) in [6.07, 6.45) is 6.25. The first-order valence-electron chi connectivity index (χ1n) is 12.4. The summed E-state index contributed by atoms with van der Waals surface area (Å²) in [6.45, 7) is 9.44. The molecule has 182 valence electrons. The number of fused-ring (bicyclic) bond motifs is 1. The van der Waals surface area contributed by atoms with Gasteiger partial charge in [0.15, 0.2) is 0 Å². The van der Waals surface area contributed by atoms with Crippen molar-refractivity contribution in [3.8, 4) is 5.75 Å². The first-order chi connectivity index (χ1) is 16.6. The Balaban J connectivity index is 1.72. The highest BCUT2D eigenvalue weighted by molar-refractivity contribution is 5.87. The summed E-state index contributed by atoms with van der Waals surface area (Å²) in [5.74, 6) is -0.0394. The van der Waals surface area contributed by atoms with E-state index in [1.807, 2.05) is 24.3 Å². The van der Waals surface area contributed by atoms with Gasteiger partial charge in [0.1, 0.15) is 5.75 Å². The molecular weight excluding hydrogens is 432 g/mol. The number of hydrogen-bond donors (Lipinski definition) is 1. The lowest BCUT2D eigenvalue weighted by molar-refractivity contribution is 0.0697. The zero-order valence-corrected chi connectivity index (χ0v) is 21.5. The molecular formula is C32H36O3. The number of ether oxygens (including phenoxy) is 1. The lowest BCUT2D eigenvalue weighted by atomic mass is 9.63. The van der Waals surface area contributed by atoms with E-state index in [2.05, 4.69) is 64.1 Å². The summed E-state index contributed by atoms with van der Waals surface area (Å²) < 4.78 is 5.34. The molecule has 35 heavy (non-hydrogen) atoms. The average molecular weight is 469 g/mol. The number of carboxylic acid groups (broad SMARTS) is 1. The molecule has 1 aliphatic carbocycles. The third-order valence-corrected chi connectivity index (χ3v) is 7.56. The summed E-state index contributed by atoms with van der Waals surface area (Å²) in [5, 5.41) is 9.20. The van der Waals surface area contributed by atoms with Gasteiger partial charge in [-0.1, -0.05) is 76.2 Å². The number of aromatic carboxylic acids is 1. The lowest BCUT2D eigenvalue weighted by Gasteiger charge is -2.42. The van der Waals surface area contributed by atoms with Crippen molar-refractivity contribution in [2.75, 3.05) is 7.11 Å². The number of rotatable bonds is 7. The van der Waals surface area contributed by atoms with Gasteiger partial charge in [0.25, 0.3) is 0 Å². The van der Waals surface area contributed by atoms with Gasteiger partial charge in [-0.3, -0.25) is 0 Å². The minimum atomic E-state index is -0.896. The topological polar surface area (TPSA) is 46.5 Å². The van der Waals surface area contributed by atoms with Gasteiger partial charge in [0, 0.05) is 0 Å². The second-order valence-electron chi connectivity index (χ2n) is 11.0. The van der Waals surface area contributed by atoms with E-state index in [4.69, 9.17) is 4.74 Å². The maximum atomic E-state index is 11.2. The molecule has 3 nitrogen and oxygen atoms in total. The molecule has 0 radical (unpaired) electrons. The van der Waals surface area contributed by atoms with Gasteiger partial charge in [-0.15, -0.1) is 0 Å². The Morgan fingerprint density at radius 3 is 2.00 bits per heavy atom. The van der Waals surface area contributed by atoms with Gasteiger partial charge in [-0.25, -0.2) is 4.79 Å². The van der Waals surface area contributed by atoms with Crippen molar-refractivity contribution in [3.63, 3.8) is 0 Å². The fourth-order valence-corrected chi connectivity index (χ4v) is 5.07. The Morgan fingerprint density at radius 2 is 1.40 bits per heavy atom. The summed E-state index contributed by atoms with van der Waals surface area (Å²) in [6, 6.07) is 22.5. The third kappa shape index (κ3) is 5.51. The fourth-order valence-electron chi connectivity index (χ4n) is 5.07. The molecule has 4 rings (SSSR count). The van der Waals surface area contributed by atoms with E-state index in [-0.39, 0.29) is 10.8 Å². The number of allylic oxidation sites excluding steroid dienone is 2. The fraction of sp³-hybridized carbons (Fsp3) is 0.344. The molecule has 0 unspecified atom stereocenters. The van der Waals surface area contributed by atoms with Crippen LogP contribution in [0.4, 0.5) is 0 Å². The van der Waals surface area contributed by atoms with Crippen molar-refractivity contribution < 1.29 is 14.6 Å². The maximum Gasteiger partial charge on any atom is 0.335 e. The molecule has 0 saturated carbocycles. The van der Waals surface area contributed by atoms with E-state index < -0.39 is 5.97 Å². The van der Waals surface area contributed by atoms with Crippen molar-refractivity contribution in [2.45, 2.75) is 64.2 Å². The van der Waals surface area contributed by atoms with Crippen LogP contribution in [-0.2, 0) is 23.7 Å². The van der Waals surface area contributed by atoms with Crippen LogP contribution in [0.5, 0.6) is 5.75 Å². The van der Waals surface area contributed by atoms with E-state index in [0.29, 0.717) is 5.56 Å². The molecule has 0 aromatic heterocycles. The summed E-state index contributed by atoms with van der Waals surface area (Å²) in [7, 11) is 1.69. The molecule has 0 bridgehead atoms. The van der Waals surface area contributed by atoms with E-state index in [9.17, 15) is 9.90 Å². The quantitative estimate of drug-likeness (QED) is 0.388. The maximum absolute atomic E-state index is 11.2. The van der Waals surface area contributed by atoms with Crippen molar-refractivity contribution >= 4 is 11.5 Å². The van der Waals surface area contributed by atoms with Crippen LogP contribution in [0.25, 0.3) is 5.57 Å². The van der Waals surface area contributed by atoms with Gasteiger partial charge in [0.2, 0.25) is 0 Å². The van der Waals surface area contributed by atoms with Gasteiger partial charge in [0.05, 0.1) is 12.7 Å². The molecule has 0 fully saturated rings. The van der Waals surface area contributed by atoms with Gasteiger partial charge < -0.3 is 9.84 Å². The smallest absolute Gasteiger partial charge is 0.335 e. The molecule has 0 heterocycles. The number of methoxy groups -OCH3 is 1. The Hall–Kier alpha value is -3.33. The van der Waals surface area contributed by atoms with Crippen LogP contribution in [-0.4, -0.2) is 18.2 Å². The van der Waals surface area contributed by atoms with Crippen molar-refractivity contribution in [1.29, 1.82) is 0 Å². The van der Waals surface area contributed by atoms with E-state index in [1.165, 1.54) is 40.7 Å². The van der Waals surface area contributed by atoms with Gasteiger partial charge in [-0.05, 0) is 94.2 Å². The molecule has 0 aliphatic heterocycles. The van der Waals surface area contributed by atoms with Gasteiger partial charge >= 0.3 is 5.97 Å².